The van der Waals surface area contributed by atoms with E-state index in [4.69, 9.17) is 4.43 Å². The summed E-state index contributed by atoms with van der Waals surface area (Å²) in [5.41, 5.74) is 1.73. The number of hydrogen-bond donors (Lipinski definition) is 2. The first kappa shape index (κ1) is 22.0. The van der Waals surface area contributed by atoms with E-state index in [0.717, 1.165) is 45.1 Å². The molecule has 4 aliphatic carbocycles. The minimum atomic E-state index is -1.83. The molecule has 0 aromatic carbocycles. The van der Waals surface area contributed by atoms with Gasteiger partial charge in [-0.15, -0.1) is 0 Å². The lowest BCUT2D eigenvalue weighted by atomic mass is 9.47. The summed E-state index contributed by atoms with van der Waals surface area (Å²) in [4.78, 5) is 0. The first-order chi connectivity index (χ1) is 13.4. The predicted octanol–water partition coefficient (Wildman–Crippen LogP) is 5.67. The zero-order valence-corrected chi connectivity index (χ0v) is 20.6. The topological polar surface area (TPSA) is 49.7 Å². The molecule has 2 unspecified atom stereocenters. The van der Waals surface area contributed by atoms with E-state index in [2.05, 4.69) is 46.9 Å². The van der Waals surface area contributed by atoms with E-state index in [1.165, 1.54) is 18.4 Å². The van der Waals surface area contributed by atoms with Gasteiger partial charge >= 0.3 is 0 Å². The van der Waals surface area contributed by atoms with Crippen LogP contribution in [0.25, 0.3) is 0 Å². The molecule has 2 N–H and O–H groups in total. The number of allylic oxidation sites excluding steroid dienone is 1. The van der Waals surface area contributed by atoms with Crippen molar-refractivity contribution in [3.63, 3.8) is 0 Å². The number of aliphatic hydroxyl groups excluding tert-OH is 2. The Balaban J connectivity index is 1.66. The van der Waals surface area contributed by atoms with Gasteiger partial charge in [0.05, 0.1) is 12.2 Å². The molecule has 3 fully saturated rings. The molecule has 166 valence electrons. The average molecular weight is 421 g/mol. The molecule has 0 bridgehead atoms. The highest BCUT2D eigenvalue weighted by atomic mass is 28.4. The summed E-state index contributed by atoms with van der Waals surface area (Å²) in [6.07, 6.45) is 10.7. The Morgan fingerprint density at radius 2 is 1.79 bits per heavy atom. The lowest BCUT2D eigenvalue weighted by Gasteiger charge is -2.59. The minimum Gasteiger partial charge on any atom is -0.416 e. The Morgan fingerprint density at radius 1 is 1.07 bits per heavy atom. The second kappa shape index (κ2) is 7.18. The summed E-state index contributed by atoms with van der Waals surface area (Å²) >= 11 is 0. The van der Waals surface area contributed by atoms with Gasteiger partial charge < -0.3 is 14.6 Å². The fourth-order valence-corrected chi connectivity index (χ4v) is 8.26. The van der Waals surface area contributed by atoms with Crippen molar-refractivity contribution in [1.29, 1.82) is 0 Å². The monoisotopic (exact) mass is 420 g/mol. The number of hydrogen-bond acceptors (Lipinski definition) is 3. The Kier molecular flexibility index (Phi) is 5.46. The van der Waals surface area contributed by atoms with E-state index in [0.29, 0.717) is 17.8 Å². The summed E-state index contributed by atoms with van der Waals surface area (Å²) < 4.78 is 6.90. The lowest BCUT2D eigenvalue weighted by Crippen LogP contribution is -2.55. The number of rotatable bonds is 3. The van der Waals surface area contributed by atoms with Crippen molar-refractivity contribution >= 4 is 8.32 Å². The molecule has 0 saturated heterocycles. The largest absolute Gasteiger partial charge is 0.416 e. The third kappa shape index (κ3) is 3.41. The summed E-state index contributed by atoms with van der Waals surface area (Å²) in [5.74, 6) is 1.97. The molecule has 0 radical (unpaired) electrons. The van der Waals surface area contributed by atoms with Crippen LogP contribution in [0.3, 0.4) is 0 Å². The van der Waals surface area contributed by atoms with E-state index >= 15 is 0 Å². The molecule has 4 rings (SSSR count). The molecule has 3 saturated carbocycles. The van der Waals surface area contributed by atoms with Gasteiger partial charge in [-0.3, -0.25) is 0 Å². The second-order valence-corrected chi connectivity index (χ2v) is 17.4. The summed E-state index contributed by atoms with van der Waals surface area (Å²) in [5, 5.41) is 21.4. The van der Waals surface area contributed by atoms with Crippen LogP contribution in [0.5, 0.6) is 0 Å². The van der Waals surface area contributed by atoms with Gasteiger partial charge in [0.1, 0.15) is 0 Å². The van der Waals surface area contributed by atoms with Crippen molar-refractivity contribution in [3.05, 3.63) is 11.6 Å². The predicted molar refractivity (Wildman–Crippen MR) is 121 cm³/mol. The Labute approximate surface area is 179 Å². The third-order valence-corrected chi connectivity index (χ3v) is 14.7. The third-order valence-electron chi connectivity index (χ3n) is 10.2. The molecule has 0 aromatic heterocycles. The van der Waals surface area contributed by atoms with Crippen molar-refractivity contribution in [2.45, 2.75) is 109 Å². The zero-order valence-electron chi connectivity index (χ0n) is 19.6. The van der Waals surface area contributed by atoms with Gasteiger partial charge in [-0.25, -0.2) is 0 Å². The van der Waals surface area contributed by atoms with Crippen LogP contribution >= 0.6 is 0 Å². The maximum atomic E-state index is 10.7. The minimum absolute atomic E-state index is 0.113. The van der Waals surface area contributed by atoms with Crippen LogP contribution in [0.15, 0.2) is 11.6 Å². The van der Waals surface area contributed by atoms with Crippen LogP contribution in [-0.4, -0.2) is 37.3 Å². The molecule has 0 spiro atoms. The lowest BCUT2D eigenvalue weighted by molar-refractivity contribution is -0.0873. The maximum absolute atomic E-state index is 10.7. The van der Waals surface area contributed by atoms with Gasteiger partial charge in [0.15, 0.2) is 8.32 Å². The van der Waals surface area contributed by atoms with Crippen molar-refractivity contribution < 1.29 is 14.6 Å². The summed E-state index contributed by atoms with van der Waals surface area (Å²) in [6, 6.07) is 0. The molecule has 0 aliphatic heterocycles. The van der Waals surface area contributed by atoms with Crippen molar-refractivity contribution in [2.75, 3.05) is 6.61 Å². The van der Waals surface area contributed by atoms with Gasteiger partial charge in [0.25, 0.3) is 0 Å². The second-order valence-electron chi connectivity index (χ2n) is 12.6. The van der Waals surface area contributed by atoms with E-state index in [1.807, 2.05) is 0 Å². The standard InChI is InChI=1S/C25H44O3Si/c1-23(2,3)29(5,6)28-16-25-14-11-18(26)15-17(25)7-8-19-20-9-10-22(27)24(20,4)13-12-21(19)25/h7,18-22,26-27H,8-16H2,1-6H3/t18?,19-,20-,21+,22?,24-,25+/m0/s1. The van der Waals surface area contributed by atoms with Gasteiger partial charge in [0.2, 0.25) is 0 Å². The van der Waals surface area contributed by atoms with Crippen LogP contribution in [0.4, 0.5) is 0 Å². The maximum Gasteiger partial charge on any atom is 0.192 e. The van der Waals surface area contributed by atoms with Crippen LogP contribution < -0.4 is 0 Å². The fourth-order valence-electron chi connectivity index (χ4n) is 7.20. The first-order valence-corrected chi connectivity index (χ1v) is 15.0. The number of aliphatic hydroxyl groups is 2. The fraction of sp³-hybridized carbons (Fsp3) is 0.920. The van der Waals surface area contributed by atoms with Crippen molar-refractivity contribution in [3.8, 4) is 0 Å². The normalized spacial score (nSPS) is 45.2. The van der Waals surface area contributed by atoms with Crippen LogP contribution in [0.1, 0.15) is 79.1 Å². The molecule has 0 amide bonds. The molecule has 0 heterocycles. The van der Waals surface area contributed by atoms with Gasteiger partial charge in [-0.2, -0.15) is 0 Å². The molecular formula is C25H44O3Si. The Hall–Kier alpha value is -0.163. The highest BCUT2D eigenvalue weighted by Crippen LogP contribution is 2.65. The van der Waals surface area contributed by atoms with Crippen molar-refractivity contribution in [2.24, 2.45) is 28.6 Å². The summed E-state index contributed by atoms with van der Waals surface area (Å²) in [7, 11) is -1.83. The first-order valence-electron chi connectivity index (χ1n) is 12.1. The highest BCUT2D eigenvalue weighted by molar-refractivity contribution is 6.74. The van der Waals surface area contributed by atoms with Crippen LogP contribution in [-0.2, 0) is 4.43 Å². The molecule has 3 nitrogen and oxygen atoms in total. The average Bonchev–Trinajstić information content (AvgIpc) is 2.94. The van der Waals surface area contributed by atoms with Crippen molar-refractivity contribution in [1.82, 2.24) is 0 Å². The Morgan fingerprint density at radius 3 is 2.48 bits per heavy atom. The van der Waals surface area contributed by atoms with Crippen LogP contribution in [0, 0.1) is 28.6 Å². The molecule has 4 aliphatic rings. The van der Waals surface area contributed by atoms with E-state index in [-0.39, 0.29) is 28.1 Å². The van der Waals surface area contributed by atoms with E-state index < -0.39 is 8.32 Å². The molecule has 4 heteroatoms. The molecule has 7 atom stereocenters. The zero-order chi connectivity index (χ0) is 21.2. The van der Waals surface area contributed by atoms with Gasteiger partial charge in [-0.1, -0.05) is 39.3 Å². The molecule has 0 aromatic rings. The van der Waals surface area contributed by atoms with Crippen LogP contribution in [0.2, 0.25) is 18.1 Å². The smallest absolute Gasteiger partial charge is 0.192 e. The molecular weight excluding hydrogens is 376 g/mol. The Bertz CT molecular complexity index is 665. The highest BCUT2D eigenvalue weighted by Gasteiger charge is 2.60. The number of fused-ring (bicyclic) bond motifs is 5. The summed E-state index contributed by atoms with van der Waals surface area (Å²) in [6.45, 7) is 14.9. The van der Waals surface area contributed by atoms with E-state index in [1.54, 1.807) is 0 Å². The van der Waals surface area contributed by atoms with Gasteiger partial charge in [0, 0.05) is 12.0 Å². The van der Waals surface area contributed by atoms with Gasteiger partial charge in [-0.05, 0) is 92.7 Å². The quantitative estimate of drug-likeness (QED) is 0.456. The van der Waals surface area contributed by atoms with E-state index in [9.17, 15) is 10.2 Å². The molecule has 29 heavy (non-hydrogen) atoms. The SMILES string of the molecule is CC(C)(C)[Si](C)(C)OC[C@]12CCC(O)CC1=CC[C@@H]1[C@H]2CC[C@]2(C)C(O)CC[C@@H]12.